The molecule has 82 valence electrons. The molecule has 16 heavy (non-hydrogen) atoms. The van der Waals surface area contributed by atoms with Gasteiger partial charge in [0.15, 0.2) is 0 Å². The molecule has 1 aliphatic carbocycles. The minimum atomic E-state index is -0.232. The van der Waals surface area contributed by atoms with Crippen LogP contribution in [0.15, 0.2) is 24.4 Å². The molecule has 2 aromatic rings. The van der Waals surface area contributed by atoms with E-state index in [9.17, 15) is 4.79 Å². The Morgan fingerprint density at radius 2 is 2.25 bits per heavy atom. The molecule has 0 unspecified atom stereocenters. The van der Waals surface area contributed by atoms with Crippen LogP contribution in [0.1, 0.15) is 18.4 Å². The van der Waals surface area contributed by atoms with Gasteiger partial charge in [0, 0.05) is 17.1 Å². The largest absolute Gasteiger partial charge is 0.497 e. The lowest BCUT2D eigenvalue weighted by Crippen LogP contribution is -2.06. The van der Waals surface area contributed by atoms with Gasteiger partial charge in [0.1, 0.15) is 12.0 Å². The number of methoxy groups -OCH3 is 1. The number of nitrogens with one attached hydrogen (secondary N) is 1. The van der Waals surface area contributed by atoms with E-state index in [-0.39, 0.29) is 5.41 Å². The van der Waals surface area contributed by atoms with Gasteiger partial charge in [-0.1, -0.05) is 0 Å². The third-order valence-corrected chi connectivity index (χ3v) is 3.44. The number of aldehydes is 1. The monoisotopic (exact) mass is 215 g/mol. The molecule has 3 rings (SSSR count). The number of benzene rings is 1. The smallest absolute Gasteiger partial charge is 0.130 e. The molecule has 1 aliphatic rings. The van der Waals surface area contributed by atoms with Gasteiger partial charge in [-0.15, -0.1) is 0 Å². The van der Waals surface area contributed by atoms with E-state index in [1.807, 2.05) is 24.4 Å². The standard InChI is InChI=1S/C13H13NO2/c1-16-9-2-3-12-10(6-9)11(7-14-12)13(8-15)4-5-13/h2-3,6-8,14H,4-5H2,1H3. The normalized spacial score (nSPS) is 17.3. The molecule has 0 radical (unpaired) electrons. The summed E-state index contributed by atoms with van der Waals surface area (Å²) in [5.74, 6) is 0.829. The second-order valence-electron chi connectivity index (χ2n) is 4.39. The van der Waals surface area contributed by atoms with E-state index in [1.54, 1.807) is 7.11 Å². The maximum Gasteiger partial charge on any atom is 0.130 e. The second-order valence-corrected chi connectivity index (χ2v) is 4.39. The highest BCUT2D eigenvalue weighted by atomic mass is 16.5. The Balaban J connectivity index is 2.22. The van der Waals surface area contributed by atoms with Crippen molar-refractivity contribution in [2.45, 2.75) is 18.3 Å². The number of hydrogen-bond donors (Lipinski definition) is 1. The summed E-state index contributed by atoms with van der Waals surface area (Å²) in [5.41, 5.74) is 1.94. The molecule has 1 heterocycles. The zero-order valence-electron chi connectivity index (χ0n) is 9.12. The topological polar surface area (TPSA) is 42.1 Å². The number of carbonyl (C=O) groups excluding carboxylic acids is 1. The molecule has 1 aromatic heterocycles. The van der Waals surface area contributed by atoms with Crippen molar-refractivity contribution in [2.75, 3.05) is 7.11 Å². The Morgan fingerprint density at radius 3 is 2.88 bits per heavy atom. The Morgan fingerprint density at radius 1 is 1.44 bits per heavy atom. The highest BCUT2D eigenvalue weighted by molar-refractivity contribution is 5.90. The van der Waals surface area contributed by atoms with Gasteiger partial charge in [-0.2, -0.15) is 0 Å². The van der Waals surface area contributed by atoms with Crippen molar-refractivity contribution in [3.8, 4) is 5.75 Å². The van der Waals surface area contributed by atoms with Gasteiger partial charge in [-0.05, 0) is 36.6 Å². The highest BCUT2D eigenvalue weighted by Gasteiger charge is 2.45. The molecular formula is C13H13NO2. The SMILES string of the molecule is COc1ccc2[nH]cc(C3(C=O)CC3)c2c1. The van der Waals surface area contributed by atoms with E-state index >= 15 is 0 Å². The van der Waals surface area contributed by atoms with E-state index in [2.05, 4.69) is 4.98 Å². The summed E-state index contributed by atoms with van der Waals surface area (Å²) in [6.45, 7) is 0. The summed E-state index contributed by atoms with van der Waals surface area (Å²) >= 11 is 0. The molecule has 3 heteroatoms. The van der Waals surface area contributed by atoms with Crippen LogP contribution in [0.3, 0.4) is 0 Å². The van der Waals surface area contributed by atoms with Crippen LogP contribution in [-0.2, 0) is 10.2 Å². The second kappa shape index (κ2) is 3.11. The number of ether oxygens (including phenoxy) is 1. The molecule has 0 amide bonds. The van der Waals surface area contributed by atoms with Crippen molar-refractivity contribution in [3.63, 3.8) is 0 Å². The van der Waals surface area contributed by atoms with Crippen molar-refractivity contribution in [2.24, 2.45) is 0 Å². The van der Waals surface area contributed by atoms with Gasteiger partial charge in [-0.25, -0.2) is 0 Å². The van der Waals surface area contributed by atoms with Crippen LogP contribution in [-0.4, -0.2) is 18.4 Å². The Kier molecular flexibility index (Phi) is 1.84. The summed E-state index contributed by atoms with van der Waals surface area (Å²) in [5, 5.41) is 1.10. The Bertz CT molecular complexity index is 552. The van der Waals surface area contributed by atoms with Crippen molar-refractivity contribution >= 4 is 17.2 Å². The lowest BCUT2D eigenvalue weighted by atomic mass is 9.97. The fourth-order valence-electron chi connectivity index (χ4n) is 2.22. The van der Waals surface area contributed by atoms with Gasteiger partial charge >= 0.3 is 0 Å². The lowest BCUT2D eigenvalue weighted by molar-refractivity contribution is -0.109. The molecule has 1 N–H and O–H groups in total. The molecule has 0 saturated heterocycles. The first-order chi connectivity index (χ1) is 7.79. The lowest BCUT2D eigenvalue weighted by Gasteiger charge is -2.06. The first kappa shape index (κ1) is 9.46. The Labute approximate surface area is 93.4 Å². The molecule has 0 spiro atoms. The maximum atomic E-state index is 11.1. The third kappa shape index (κ3) is 1.18. The number of aromatic nitrogens is 1. The fraction of sp³-hybridized carbons (Fsp3) is 0.308. The van der Waals surface area contributed by atoms with Crippen LogP contribution in [0.25, 0.3) is 10.9 Å². The van der Waals surface area contributed by atoms with E-state index in [4.69, 9.17) is 4.74 Å². The van der Waals surface area contributed by atoms with Crippen LogP contribution in [0.5, 0.6) is 5.75 Å². The maximum absolute atomic E-state index is 11.1. The van der Waals surface area contributed by atoms with Crippen LogP contribution >= 0.6 is 0 Å². The summed E-state index contributed by atoms with van der Waals surface area (Å²) in [4.78, 5) is 14.3. The van der Waals surface area contributed by atoms with Crippen molar-refractivity contribution < 1.29 is 9.53 Å². The zero-order chi connectivity index (χ0) is 11.2. The fourth-order valence-corrected chi connectivity index (χ4v) is 2.22. The molecule has 3 nitrogen and oxygen atoms in total. The van der Waals surface area contributed by atoms with E-state index in [1.165, 1.54) is 0 Å². The minimum Gasteiger partial charge on any atom is -0.497 e. The first-order valence-corrected chi connectivity index (χ1v) is 5.41. The van der Waals surface area contributed by atoms with Gasteiger partial charge in [0.25, 0.3) is 0 Å². The van der Waals surface area contributed by atoms with E-state index in [0.29, 0.717) is 0 Å². The number of hydrogen-bond acceptors (Lipinski definition) is 2. The molecular weight excluding hydrogens is 202 g/mol. The summed E-state index contributed by atoms with van der Waals surface area (Å²) < 4.78 is 5.21. The van der Waals surface area contributed by atoms with Crippen molar-refractivity contribution in [3.05, 3.63) is 30.0 Å². The van der Waals surface area contributed by atoms with Crippen molar-refractivity contribution in [1.29, 1.82) is 0 Å². The predicted octanol–water partition coefficient (Wildman–Crippen LogP) is 2.41. The molecule has 0 bridgehead atoms. The molecule has 1 fully saturated rings. The quantitative estimate of drug-likeness (QED) is 0.799. The molecule has 0 atom stereocenters. The average molecular weight is 215 g/mol. The number of fused-ring (bicyclic) bond motifs is 1. The van der Waals surface area contributed by atoms with Gasteiger partial charge in [-0.3, -0.25) is 0 Å². The number of H-pyrrole nitrogens is 1. The Hall–Kier alpha value is -1.77. The van der Waals surface area contributed by atoms with Crippen LogP contribution < -0.4 is 4.74 Å². The van der Waals surface area contributed by atoms with E-state index in [0.717, 1.165) is 41.3 Å². The van der Waals surface area contributed by atoms with E-state index < -0.39 is 0 Å². The summed E-state index contributed by atoms with van der Waals surface area (Å²) in [7, 11) is 1.65. The van der Waals surface area contributed by atoms with Crippen molar-refractivity contribution in [1.82, 2.24) is 4.98 Å². The zero-order valence-corrected chi connectivity index (χ0v) is 9.12. The third-order valence-electron chi connectivity index (χ3n) is 3.44. The van der Waals surface area contributed by atoms with Gasteiger partial charge in [0.2, 0.25) is 0 Å². The predicted molar refractivity (Wildman–Crippen MR) is 61.8 cm³/mol. The van der Waals surface area contributed by atoms with Gasteiger partial charge < -0.3 is 14.5 Å². The number of aromatic amines is 1. The summed E-state index contributed by atoms with van der Waals surface area (Å²) in [6, 6.07) is 5.90. The van der Waals surface area contributed by atoms with Crippen LogP contribution in [0.2, 0.25) is 0 Å². The summed E-state index contributed by atoms with van der Waals surface area (Å²) in [6.07, 6.45) is 4.95. The molecule has 1 saturated carbocycles. The molecule has 0 aliphatic heterocycles. The minimum absolute atomic E-state index is 0.232. The molecule has 1 aromatic carbocycles. The average Bonchev–Trinajstić information content (AvgIpc) is 3.02. The highest BCUT2D eigenvalue weighted by Crippen LogP contribution is 2.48. The van der Waals surface area contributed by atoms with Crippen LogP contribution in [0.4, 0.5) is 0 Å². The van der Waals surface area contributed by atoms with Gasteiger partial charge in [0.05, 0.1) is 12.5 Å². The van der Waals surface area contributed by atoms with Crippen LogP contribution in [0, 0.1) is 0 Å². The number of carbonyl (C=O) groups is 1. The first-order valence-electron chi connectivity index (χ1n) is 5.41. The number of rotatable bonds is 3.